The Morgan fingerprint density at radius 2 is 1.02 bits per heavy atom. The molecule has 7 aliphatic rings. The minimum atomic E-state index is -1.17. The lowest BCUT2D eigenvalue weighted by Gasteiger charge is -2.35. The summed E-state index contributed by atoms with van der Waals surface area (Å²) >= 11 is 0. The topological polar surface area (TPSA) is 347 Å². The van der Waals surface area contributed by atoms with E-state index in [1.165, 1.54) is 29.2 Å². The zero-order valence-corrected chi connectivity index (χ0v) is 57.9. The second-order valence-corrected chi connectivity index (χ2v) is 27.3. The number of rotatable bonds is 16. The predicted molar refractivity (Wildman–Crippen MR) is 365 cm³/mol. The molecule has 11 heterocycles. The Kier molecular flexibility index (Phi) is 26.7. The van der Waals surface area contributed by atoms with Gasteiger partial charge in [-0.3, -0.25) is 42.7 Å². The number of cyclic esters (lactones) is 2. The van der Waals surface area contributed by atoms with Crippen LogP contribution in [0.4, 0.5) is 13.6 Å². The smallest absolute Gasteiger partial charge is 0.410 e. The number of carboxylic acid groups (broad SMARTS) is 2. The van der Waals surface area contributed by atoms with Gasteiger partial charge in [-0.05, 0) is 149 Å². The third-order valence-electron chi connectivity index (χ3n) is 19.1. The van der Waals surface area contributed by atoms with Crippen molar-refractivity contribution < 1.29 is 80.5 Å². The van der Waals surface area contributed by atoms with Gasteiger partial charge < -0.3 is 68.0 Å². The first-order valence-electron chi connectivity index (χ1n) is 34.8. The van der Waals surface area contributed by atoms with Gasteiger partial charge in [0.05, 0.1) is 24.2 Å². The summed E-state index contributed by atoms with van der Waals surface area (Å²) in [5, 5.41) is 31.1. The lowest BCUT2D eigenvalue weighted by molar-refractivity contribution is -0.152. The molecule has 2 unspecified atom stereocenters. The molecular weight excluding hydrogens is 1330 g/mol. The molecule has 102 heavy (non-hydrogen) atoms. The van der Waals surface area contributed by atoms with Crippen molar-refractivity contribution in [3.8, 4) is 0 Å². The first-order chi connectivity index (χ1) is 48.4. The molecule has 5 fully saturated rings. The standard InChI is InChI=1S/C32H39FN6O7.C25H29FN4O5.C9H18N2O2.C4H4O3.CH4/c1-20-23(8-12-36-10-6-21(7-11-36)30-24-5-4-22(33)17-26(24)46-35-30)32(44)39-9-2-3-25(31(39)34-20)45-19-28(41)38-15-13-37(14-16-38)27(40)18-29(42)43;1-15-18(25(33)30-9-2-3-20(24(30)27-15)34-14-22(31)32)8-12-29-10-6-16(7-11-29)23-19-5-4-17(26)13-21(19)35-28-23;1-9(2,3)13-8(12)11-6-4-10-5-7-11;5-3-1-2-4(6)7-3;/h4-5,17,21,25H,2-3,6-16,18-19H2,1H3,(H,42,43);4-5,13,16,20H,2-3,6-12,14H2,1H3,(H,31,32);10H,4-7H2,1-3H3;1-2H2;1H4. The van der Waals surface area contributed by atoms with Gasteiger partial charge in [0, 0.05) is 136 Å². The quantitative estimate of drug-likeness (QED) is 0.0666. The van der Waals surface area contributed by atoms with Gasteiger partial charge in [0.1, 0.15) is 60.7 Å². The van der Waals surface area contributed by atoms with Crippen molar-refractivity contribution in [1.82, 2.24) is 59.2 Å². The average Bonchev–Trinajstić information content (AvgIpc) is 1.16. The van der Waals surface area contributed by atoms with Gasteiger partial charge in [0.15, 0.2) is 11.2 Å². The molecule has 3 amide bonds. The van der Waals surface area contributed by atoms with Gasteiger partial charge in [0.25, 0.3) is 11.1 Å². The zero-order valence-electron chi connectivity index (χ0n) is 57.9. The van der Waals surface area contributed by atoms with E-state index in [2.05, 4.69) is 35.2 Å². The Morgan fingerprint density at radius 3 is 1.43 bits per heavy atom. The Morgan fingerprint density at radius 1 is 0.578 bits per heavy atom. The second-order valence-electron chi connectivity index (χ2n) is 27.3. The fourth-order valence-electron chi connectivity index (χ4n) is 13.7. The van der Waals surface area contributed by atoms with E-state index in [1.54, 1.807) is 31.1 Å². The van der Waals surface area contributed by atoms with Gasteiger partial charge in [-0.15, -0.1) is 0 Å². The summed E-state index contributed by atoms with van der Waals surface area (Å²) in [6, 6.07) is 9.07. The molecule has 31 heteroatoms. The normalized spacial score (nSPS) is 19.1. The fourth-order valence-corrected chi connectivity index (χ4v) is 13.7. The Balaban J connectivity index is 0.000000188. The van der Waals surface area contributed by atoms with Crippen molar-refractivity contribution >= 4 is 63.7 Å². The second kappa shape index (κ2) is 35.3. The highest BCUT2D eigenvalue weighted by Gasteiger charge is 2.33. The Bertz CT molecular complexity index is 4070. The maximum Gasteiger partial charge on any atom is 0.410 e. The van der Waals surface area contributed by atoms with Crippen LogP contribution in [0.5, 0.6) is 0 Å². The number of likely N-dealkylation sites (tertiary alicyclic amines) is 2. The van der Waals surface area contributed by atoms with Crippen LogP contribution in [0.1, 0.15) is 168 Å². The van der Waals surface area contributed by atoms with E-state index in [1.807, 2.05) is 34.6 Å². The number of fused-ring (bicyclic) bond motifs is 4. The molecule has 3 N–H and O–H groups in total. The van der Waals surface area contributed by atoms with Gasteiger partial charge >= 0.3 is 30.0 Å². The number of nitrogens with one attached hydrogen (secondary N) is 1. The fraction of sp³-hybridized carbons (Fsp3) is 0.592. The van der Waals surface area contributed by atoms with E-state index >= 15 is 0 Å². The molecule has 0 radical (unpaired) electrons. The number of hydrogen-bond donors (Lipinski definition) is 3. The molecule has 5 saturated heterocycles. The molecule has 2 atom stereocenters. The summed E-state index contributed by atoms with van der Waals surface area (Å²) < 4.78 is 61.9. The molecule has 0 saturated carbocycles. The predicted octanol–water partition coefficient (Wildman–Crippen LogP) is 6.75. The number of nitrogens with zero attached hydrogens (tertiary/aromatic N) is 11. The van der Waals surface area contributed by atoms with E-state index in [0.717, 1.165) is 126 Å². The number of carbonyl (C=O) groups is 7. The molecule has 2 aromatic carbocycles. The van der Waals surface area contributed by atoms with Crippen LogP contribution in [-0.2, 0) is 73.6 Å². The van der Waals surface area contributed by atoms with Crippen LogP contribution >= 0.6 is 0 Å². The number of esters is 2. The third kappa shape index (κ3) is 20.2. The van der Waals surface area contributed by atoms with Gasteiger partial charge in [-0.25, -0.2) is 28.3 Å². The van der Waals surface area contributed by atoms with E-state index in [0.29, 0.717) is 97.2 Å². The number of benzene rings is 2. The number of aliphatic carboxylic acids is 2. The third-order valence-corrected chi connectivity index (χ3v) is 19.1. The number of aryl methyl sites for hydroxylation is 2. The number of aromatic nitrogens is 6. The molecule has 13 rings (SSSR count). The lowest BCUT2D eigenvalue weighted by atomic mass is 9.91. The number of ether oxygens (including phenoxy) is 4. The van der Waals surface area contributed by atoms with Gasteiger partial charge in [-0.2, -0.15) is 0 Å². The molecule has 7 aliphatic heterocycles. The minimum absolute atomic E-state index is 0. The number of amides is 3. The van der Waals surface area contributed by atoms with Crippen LogP contribution < -0.4 is 16.4 Å². The lowest BCUT2D eigenvalue weighted by Crippen LogP contribution is -2.51. The van der Waals surface area contributed by atoms with Crippen molar-refractivity contribution in [3.63, 3.8) is 0 Å². The van der Waals surface area contributed by atoms with Crippen LogP contribution in [-0.4, -0.2) is 216 Å². The molecule has 0 aliphatic carbocycles. The first kappa shape index (κ1) is 77.3. The zero-order chi connectivity index (χ0) is 72.1. The summed E-state index contributed by atoms with van der Waals surface area (Å²) in [4.78, 5) is 124. The highest BCUT2D eigenvalue weighted by atomic mass is 19.1. The summed E-state index contributed by atoms with van der Waals surface area (Å²) in [5.74, 6) is -2.77. The molecule has 4 aromatic heterocycles. The summed E-state index contributed by atoms with van der Waals surface area (Å²) in [6.45, 7) is 19.2. The van der Waals surface area contributed by atoms with Crippen LogP contribution in [0, 0.1) is 25.5 Å². The van der Waals surface area contributed by atoms with Gasteiger partial charge in [-0.1, -0.05) is 17.7 Å². The monoisotopic (exact) mass is 1420 g/mol. The first-order valence-corrected chi connectivity index (χ1v) is 34.8. The Labute approximate surface area is 588 Å². The number of carbonyl (C=O) groups excluding carboxylic acids is 5. The highest BCUT2D eigenvalue weighted by molar-refractivity contribution is 5.94. The van der Waals surface area contributed by atoms with Crippen molar-refractivity contribution in [2.24, 2.45) is 0 Å². The summed E-state index contributed by atoms with van der Waals surface area (Å²) in [6.07, 6.45) is 6.44. The summed E-state index contributed by atoms with van der Waals surface area (Å²) in [7, 11) is 0. The molecule has 6 aromatic rings. The summed E-state index contributed by atoms with van der Waals surface area (Å²) in [5.41, 5.74) is 5.00. The van der Waals surface area contributed by atoms with Crippen molar-refractivity contribution in [2.45, 2.75) is 168 Å². The maximum atomic E-state index is 13.6. The van der Waals surface area contributed by atoms with Crippen LogP contribution in [0.15, 0.2) is 55.0 Å². The number of piperidine rings is 2. The molecule has 0 bridgehead atoms. The largest absolute Gasteiger partial charge is 0.481 e. The molecular formula is C71H94F2N12O17. The highest BCUT2D eigenvalue weighted by Crippen LogP contribution is 2.35. The van der Waals surface area contributed by atoms with Crippen molar-refractivity contribution in [2.75, 3.05) is 105 Å². The average molecular weight is 1430 g/mol. The van der Waals surface area contributed by atoms with E-state index in [-0.39, 0.29) is 92.2 Å². The number of hydrogen-bond acceptors (Lipinski definition) is 22. The Hall–Kier alpha value is -8.91. The maximum absolute atomic E-state index is 13.6. The van der Waals surface area contributed by atoms with Gasteiger partial charge in [0.2, 0.25) is 11.8 Å². The number of carboxylic acids is 2. The molecule has 554 valence electrons. The number of piperazine rings is 2. The van der Waals surface area contributed by atoms with Crippen LogP contribution in [0.3, 0.4) is 0 Å². The van der Waals surface area contributed by atoms with E-state index < -0.39 is 55.0 Å². The van der Waals surface area contributed by atoms with E-state index in [9.17, 15) is 51.9 Å². The van der Waals surface area contributed by atoms with Crippen molar-refractivity contribution in [3.05, 3.63) is 114 Å². The minimum Gasteiger partial charge on any atom is -0.481 e. The van der Waals surface area contributed by atoms with Crippen molar-refractivity contribution in [1.29, 1.82) is 0 Å². The van der Waals surface area contributed by atoms with Crippen LogP contribution in [0.25, 0.3) is 21.9 Å². The molecule has 29 nitrogen and oxygen atoms in total. The SMILES string of the molecule is C.CC(C)(C)OC(=O)N1CCNCC1.Cc1nc2n(c(=O)c1CCN1CCC(c3noc4cc(F)ccc34)CC1)CCCC2OCC(=O)N1CCN(C(=O)CC(=O)O)CC1.Cc1nc2n(c(=O)c1CCN1CCC(c3noc4cc(F)ccc34)CC1)CCCC2OCC(=O)O.O=C1CCC(=O)O1. The van der Waals surface area contributed by atoms with E-state index in [4.69, 9.17) is 38.5 Å². The molecule has 0 spiro atoms. The number of halogens is 2. The van der Waals surface area contributed by atoms with Crippen LogP contribution in [0.2, 0.25) is 0 Å².